The van der Waals surface area contributed by atoms with E-state index in [1.165, 1.54) is 6.33 Å². The number of anilines is 1. The van der Waals surface area contributed by atoms with Crippen LogP contribution in [0.2, 0.25) is 0 Å². The predicted octanol–water partition coefficient (Wildman–Crippen LogP) is 4.21. The molecule has 0 aliphatic rings. The Kier molecular flexibility index (Phi) is 5.27. The minimum atomic E-state index is -0.418. The van der Waals surface area contributed by atoms with Gasteiger partial charge in [0.1, 0.15) is 11.4 Å². The molecule has 1 aromatic carbocycles. The van der Waals surface area contributed by atoms with Crippen LogP contribution in [0.25, 0.3) is 5.78 Å². The SMILES string of the molecule is CCCc1cc(Sc2ccc(NC(=O)C(C)(C)C)cc2)n2ncnc2n1. The fraction of sp³-hybridized carbons (Fsp3) is 0.368. The van der Waals surface area contributed by atoms with Crippen molar-refractivity contribution in [1.29, 1.82) is 0 Å². The van der Waals surface area contributed by atoms with Crippen LogP contribution in [0.3, 0.4) is 0 Å². The van der Waals surface area contributed by atoms with Gasteiger partial charge in [0, 0.05) is 21.7 Å². The van der Waals surface area contributed by atoms with Crippen LogP contribution in [0.5, 0.6) is 0 Å². The van der Waals surface area contributed by atoms with E-state index in [4.69, 9.17) is 0 Å². The number of hydrogen-bond acceptors (Lipinski definition) is 5. The average Bonchev–Trinajstić information content (AvgIpc) is 3.05. The van der Waals surface area contributed by atoms with Crippen molar-refractivity contribution in [2.24, 2.45) is 5.41 Å². The molecular weight excluding hydrogens is 346 g/mol. The highest BCUT2D eigenvalue weighted by atomic mass is 32.2. The van der Waals surface area contributed by atoms with Gasteiger partial charge in [-0.3, -0.25) is 4.79 Å². The number of rotatable bonds is 5. The first-order chi connectivity index (χ1) is 12.4. The van der Waals surface area contributed by atoms with Crippen LogP contribution in [0, 0.1) is 5.41 Å². The van der Waals surface area contributed by atoms with Gasteiger partial charge in [-0.05, 0) is 36.8 Å². The Labute approximate surface area is 157 Å². The zero-order chi connectivity index (χ0) is 18.7. The Balaban J connectivity index is 1.80. The van der Waals surface area contributed by atoms with E-state index in [9.17, 15) is 4.79 Å². The van der Waals surface area contributed by atoms with E-state index >= 15 is 0 Å². The van der Waals surface area contributed by atoms with Gasteiger partial charge in [0.15, 0.2) is 0 Å². The summed E-state index contributed by atoms with van der Waals surface area (Å²) in [6.07, 6.45) is 3.46. The third kappa shape index (κ3) is 4.22. The van der Waals surface area contributed by atoms with Gasteiger partial charge in [0.2, 0.25) is 5.91 Å². The first-order valence-electron chi connectivity index (χ1n) is 8.66. The zero-order valence-corrected chi connectivity index (χ0v) is 16.3. The lowest BCUT2D eigenvalue weighted by molar-refractivity contribution is -0.123. The number of carbonyl (C=O) groups excluding carboxylic acids is 1. The largest absolute Gasteiger partial charge is 0.326 e. The highest BCUT2D eigenvalue weighted by molar-refractivity contribution is 7.99. The zero-order valence-electron chi connectivity index (χ0n) is 15.5. The Hall–Kier alpha value is -2.41. The monoisotopic (exact) mass is 369 g/mol. The minimum Gasteiger partial charge on any atom is -0.326 e. The number of aromatic nitrogens is 4. The summed E-state index contributed by atoms with van der Waals surface area (Å²) in [5.41, 5.74) is 1.39. The first-order valence-corrected chi connectivity index (χ1v) is 9.47. The molecule has 26 heavy (non-hydrogen) atoms. The van der Waals surface area contributed by atoms with E-state index in [-0.39, 0.29) is 5.91 Å². The molecule has 0 spiro atoms. The van der Waals surface area contributed by atoms with Gasteiger partial charge in [-0.25, -0.2) is 4.98 Å². The Morgan fingerprint density at radius 1 is 1.23 bits per heavy atom. The second kappa shape index (κ2) is 7.45. The van der Waals surface area contributed by atoms with Gasteiger partial charge >= 0.3 is 0 Å². The minimum absolute atomic E-state index is 0.000526. The second-order valence-electron chi connectivity index (χ2n) is 7.14. The number of amides is 1. The summed E-state index contributed by atoms with van der Waals surface area (Å²) in [4.78, 5) is 21.9. The van der Waals surface area contributed by atoms with Gasteiger partial charge in [0.05, 0.1) is 0 Å². The quantitative estimate of drug-likeness (QED) is 0.682. The summed E-state index contributed by atoms with van der Waals surface area (Å²) in [6, 6.07) is 9.87. The van der Waals surface area contributed by atoms with Gasteiger partial charge in [-0.1, -0.05) is 45.9 Å². The molecule has 3 aromatic rings. The maximum Gasteiger partial charge on any atom is 0.253 e. The van der Waals surface area contributed by atoms with E-state index in [1.807, 2.05) is 45.0 Å². The van der Waals surface area contributed by atoms with Crippen LogP contribution in [-0.2, 0) is 11.2 Å². The molecule has 7 heteroatoms. The fourth-order valence-electron chi connectivity index (χ4n) is 2.33. The molecule has 1 amide bonds. The molecule has 0 atom stereocenters. The van der Waals surface area contributed by atoms with Crippen LogP contribution < -0.4 is 5.32 Å². The molecule has 136 valence electrons. The molecule has 2 heterocycles. The van der Waals surface area contributed by atoms with Crippen LogP contribution in [0.4, 0.5) is 5.69 Å². The fourth-order valence-corrected chi connectivity index (χ4v) is 3.26. The summed E-state index contributed by atoms with van der Waals surface area (Å²) >= 11 is 1.60. The first kappa shape index (κ1) is 18.4. The normalized spacial score (nSPS) is 11.7. The van der Waals surface area contributed by atoms with Crippen molar-refractivity contribution in [3.63, 3.8) is 0 Å². The van der Waals surface area contributed by atoms with Crippen molar-refractivity contribution in [3.05, 3.63) is 42.4 Å². The molecule has 6 nitrogen and oxygen atoms in total. The van der Waals surface area contributed by atoms with Crippen molar-refractivity contribution < 1.29 is 4.79 Å². The Bertz CT molecular complexity index is 912. The molecule has 0 saturated heterocycles. The Morgan fingerprint density at radius 3 is 2.62 bits per heavy atom. The maximum absolute atomic E-state index is 12.1. The second-order valence-corrected chi connectivity index (χ2v) is 8.23. The highest BCUT2D eigenvalue weighted by Gasteiger charge is 2.21. The lowest BCUT2D eigenvalue weighted by Crippen LogP contribution is -2.27. The number of nitrogens with zero attached hydrogens (tertiary/aromatic N) is 4. The predicted molar refractivity (Wildman–Crippen MR) is 103 cm³/mol. The van der Waals surface area contributed by atoms with Crippen LogP contribution in [0.1, 0.15) is 39.8 Å². The molecule has 1 N–H and O–H groups in total. The number of nitrogens with one attached hydrogen (secondary N) is 1. The van der Waals surface area contributed by atoms with E-state index in [2.05, 4.69) is 33.4 Å². The summed E-state index contributed by atoms with van der Waals surface area (Å²) < 4.78 is 1.75. The van der Waals surface area contributed by atoms with Crippen molar-refractivity contribution in [2.75, 3.05) is 5.32 Å². The smallest absolute Gasteiger partial charge is 0.253 e. The topological polar surface area (TPSA) is 72.2 Å². The van der Waals surface area contributed by atoms with Crippen molar-refractivity contribution in [3.8, 4) is 0 Å². The van der Waals surface area contributed by atoms with Gasteiger partial charge in [0.25, 0.3) is 5.78 Å². The highest BCUT2D eigenvalue weighted by Crippen LogP contribution is 2.29. The molecule has 0 aliphatic heterocycles. The number of hydrogen-bond donors (Lipinski definition) is 1. The number of aryl methyl sites for hydroxylation is 1. The van der Waals surface area contributed by atoms with Crippen LogP contribution in [0.15, 0.2) is 46.6 Å². The van der Waals surface area contributed by atoms with Gasteiger partial charge in [-0.15, -0.1) is 0 Å². The van der Waals surface area contributed by atoms with Crippen LogP contribution >= 0.6 is 11.8 Å². The van der Waals surface area contributed by atoms with Crippen molar-refractivity contribution in [2.45, 2.75) is 50.5 Å². The average molecular weight is 369 g/mol. The standard InChI is InChI=1S/C19H23N5OS/c1-5-6-14-11-16(24-18(23-14)20-12-21-24)26-15-9-7-13(8-10-15)22-17(25)19(2,3)4/h7-12H,5-6H2,1-4H3,(H,22,25). The van der Waals surface area contributed by atoms with Crippen molar-refractivity contribution >= 4 is 29.1 Å². The lowest BCUT2D eigenvalue weighted by atomic mass is 9.95. The molecule has 0 bridgehead atoms. The Morgan fingerprint density at radius 2 is 1.96 bits per heavy atom. The molecule has 0 saturated carbocycles. The molecular formula is C19H23N5OS. The third-order valence-corrected chi connectivity index (χ3v) is 4.80. The van der Waals surface area contributed by atoms with Crippen molar-refractivity contribution in [1.82, 2.24) is 19.6 Å². The lowest BCUT2D eigenvalue weighted by Gasteiger charge is -2.17. The summed E-state index contributed by atoms with van der Waals surface area (Å²) in [5, 5.41) is 8.18. The number of benzene rings is 1. The van der Waals surface area contributed by atoms with E-state index < -0.39 is 5.41 Å². The molecule has 0 unspecified atom stereocenters. The molecule has 0 radical (unpaired) electrons. The molecule has 3 rings (SSSR count). The van der Waals surface area contributed by atoms with E-state index in [0.717, 1.165) is 34.1 Å². The third-order valence-electron chi connectivity index (χ3n) is 3.79. The number of fused-ring (bicyclic) bond motifs is 1. The number of carbonyl (C=O) groups is 1. The van der Waals surface area contributed by atoms with Gasteiger partial charge < -0.3 is 5.32 Å². The molecule has 0 fully saturated rings. The maximum atomic E-state index is 12.1. The molecule has 0 aliphatic carbocycles. The van der Waals surface area contributed by atoms with Crippen LogP contribution in [-0.4, -0.2) is 25.5 Å². The summed E-state index contributed by atoms with van der Waals surface area (Å²) in [6.45, 7) is 7.82. The summed E-state index contributed by atoms with van der Waals surface area (Å²) in [5.74, 6) is 0.619. The molecule has 2 aromatic heterocycles. The van der Waals surface area contributed by atoms with E-state index in [1.54, 1.807) is 16.3 Å². The van der Waals surface area contributed by atoms with Gasteiger partial charge in [-0.2, -0.15) is 14.6 Å². The van der Waals surface area contributed by atoms with E-state index in [0.29, 0.717) is 5.78 Å². The summed E-state index contributed by atoms with van der Waals surface area (Å²) in [7, 11) is 0.